The van der Waals surface area contributed by atoms with Gasteiger partial charge >= 0.3 is 5.97 Å². The molecule has 5 N–H and O–H groups in total. The summed E-state index contributed by atoms with van der Waals surface area (Å²) in [5, 5.41) is 7.60. The molecule has 29 heavy (non-hydrogen) atoms. The molecule has 0 radical (unpaired) electrons. The summed E-state index contributed by atoms with van der Waals surface area (Å²) in [5.41, 5.74) is 10.8. The van der Waals surface area contributed by atoms with Crippen LogP contribution in [0.25, 0.3) is 0 Å². The van der Waals surface area contributed by atoms with E-state index in [4.69, 9.17) is 20.3 Å². The summed E-state index contributed by atoms with van der Waals surface area (Å²) in [5.74, 6) is 1.15. The minimum atomic E-state index is -0.968. The first-order chi connectivity index (χ1) is 14.0. The zero-order valence-corrected chi connectivity index (χ0v) is 16.8. The monoisotopic (exact) mass is 402 g/mol. The van der Waals surface area contributed by atoms with Crippen molar-refractivity contribution in [2.24, 2.45) is 11.5 Å². The highest BCUT2D eigenvalue weighted by atomic mass is 16.5. The normalized spacial score (nSPS) is 13.1. The maximum absolute atomic E-state index is 10.6. The third-order valence-corrected chi connectivity index (χ3v) is 4.11. The van der Waals surface area contributed by atoms with E-state index in [1.807, 2.05) is 24.3 Å². The largest absolute Gasteiger partial charge is 0.497 e. The lowest BCUT2D eigenvalue weighted by Crippen LogP contribution is -2.22. The van der Waals surface area contributed by atoms with Crippen LogP contribution in [-0.2, 0) is 4.79 Å². The van der Waals surface area contributed by atoms with Crippen molar-refractivity contribution in [2.45, 2.75) is 38.1 Å². The molecular formula is C22H30N2O5. The Bertz CT molecular complexity index is 728. The van der Waals surface area contributed by atoms with E-state index in [0.29, 0.717) is 23.1 Å². The van der Waals surface area contributed by atoms with E-state index < -0.39 is 5.97 Å². The summed E-state index contributed by atoms with van der Waals surface area (Å²) >= 11 is 0. The number of carbonyl (C=O) groups is 2. The first-order valence-electron chi connectivity index (χ1n) is 9.53. The van der Waals surface area contributed by atoms with Crippen LogP contribution >= 0.6 is 0 Å². The summed E-state index contributed by atoms with van der Waals surface area (Å²) < 4.78 is 10.7. The topological polar surface area (TPSA) is 125 Å². The van der Waals surface area contributed by atoms with Crippen LogP contribution in [0.2, 0.25) is 0 Å². The Kier molecular flexibility index (Phi) is 11.8. The van der Waals surface area contributed by atoms with Gasteiger partial charge in [-0.1, -0.05) is 31.4 Å². The maximum atomic E-state index is 10.6. The van der Waals surface area contributed by atoms with Crippen molar-refractivity contribution in [2.75, 3.05) is 13.7 Å². The van der Waals surface area contributed by atoms with Gasteiger partial charge in [-0.05, 0) is 49.2 Å². The number of aldehydes is 1. The second-order valence-corrected chi connectivity index (χ2v) is 6.46. The third-order valence-electron chi connectivity index (χ3n) is 4.11. The number of carboxylic acid groups (broad SMARTS) is 1. The quantitative estimate of drug-likeness (QED) is 0.652. The lowest BCUT2D eigenvalue weighted by molar-refractivity contribution is -0.135. The molecule has 7 nitrogen and oxygen atoms in total. The van der Waals surface area contributed by atoms with E-state index >= 15 is 0 Å². The van der Waals surface area contributed by atoms with E-state index in [-0.39, 0.29) is 6.54 Å². The highest BCUT2D eigenvalue weighted by Gasteiger charge is 2.06. The van der Waals surface area contributed by atoms with Gasteiger partial charge in [0.2, 0.25) is 0 Å². The molecule has 1 aliphatic carbocycles. The zero-order chi connectivity index (χ0) is 21.5. The molecular weight excluding hydrogens is 372 g/mol. The van der Waals surface area contributed by atoms with Crippen molar-refractivity contribution in [1.29, 1.82) is 0 Å². The molecule has 0 saturated heterocycles. The van der Waals surface area contributed by atoms with Crippen LogP contribution in [-0.4, -0.2) is 37.1 Å². The van der Waals surface area contributed by atoms with Gasteiger partial charge in [-0.15, -0.1) is 0 Å². The SMILES string of the molecule is COc1ccc(Oc2cccc(C=O)c2)cc1.NC1CCCCC1.NCC(=O)O. The van der Waals surface area contributed by atoms with Gasteiger partial charge in [0.1, 0.15) is 23.5 Å². The molecule has 0 bridgehead atoms. The third kappa shape index (κ3) is 10.9. The Balaban J connectivity index is 0.000000288. The number of hydrogen-bond donors (Lipinski definition) is 3. The fourth-order valence-corrected chi connectivity index (χ4v) is 2.57. The van der Waals surface area contributed by atoms with Crippen LogP contribution < -0.4 is 20.9 Å². The summed E-state index contributed by atoms with van der Waals surface area (Å²) in [4.78, 5) is 19.9. The van der Waals surface area contributed by atoms with Gasteiger partial charge in [0, 0.05) is 11.6 Å². The Labute approximate surface area is 171 Å². The van der Waals surface area contributed by atoms with E-state index in [1.54, 1.807) is 31.4 Å². The molecule has 0 aromatic heterocycles. The summed E-state index contributed by atoms with van der Waals surface area (Å²) in [7, 11) is 1.61. The number of nitrogens with two attached hydrogens (primary N) is 2. The van der Waals surface area contributed by atoms with Crippen molar-refractivity contribution in [3.63, 3.8) is 0 Å². The Morgan fingerprint density at radius 2 is 1.66 bits per heavy atom. The maximum Gasteiger partial charge on any atom is 0.317 e. The predicted octanol–water partition coefficient (Wildman–Crippen LogP) is 3.61. The first-order valence-corrected chi connectivity index (χ1v) is 9.53. The molecule has 2 aromatic rings. The second kappa shape index (κ2) is 14.1. The van der Waals surface area contributed by atoms with Gasteiger partial charge in [-0.25, -0.2) is 0 Å². The first kappa shape index (κ1) is 24.1. The van der Waals surface area contributed by atoms with Gasteiger partial charge in [-0.2, -0.15) is 0 Å². The standard InChI is InChI=1S/C14H12O3.C6H13N.C2H5NO2/c1-16-12-5-7-13(8-6-12)17-14-4-2-3-11(9-14)10-15;7-6-4-2-1-3-5-6;3-1-2(4)5/h2-10H,1H3;6H,1-5,7H2;1,3H2,(H,4,5). The highest BCUT2D eigenvalue weighted by Crippen LogP contribution is 2.24. The molecule has 0 amide bonds. The number of methoxy groups -OCH3 is 1. The van der Waals surface area contributed by atoms with Crippen LogP contribution in [0.4, 0.5) is 0 Å². The molecule has 0 atom stereocenters. The molecule has 1 aliphatic rings. The van der Waals surface area contributed by atoms with Crippen LogP contribution in [0.3, 0.4) is 0 Å². The van der Waals surface area contributed by atoms with Gasteiger partial charge < -0.3 is 26.0 Å². The van der Waals surface area contributed by atoms with Crippen LogP contribution in [0.1, 0.15) is 42.5 Å². The summed E-state index contributed by atoms with van der Waals surface area (Å²) in [6.07, 6.45) is 7.46. The fourth-order valence-electron chi connectivity index (χ4n) is 2.57. The van der Waals surface area contributed by atoms with Crippen molar-refractivity contribution >= 4 is 12.3 Å². The second-order valence-electron chi connectivity index (χ2n) is 6.46. The number of rotatable bonds is 5. The van der Waals surface area contributed by atoms with Crippen molar-refractivity contribution in [3.8, 4) is 17.2 Å². The van der Waals surface area contributed by atoms with E-state index in [2.05, 4.69) is 5.73 Å². The Morgan fingerprint density at radius 3 is 2.10 bits per heavy atom. The zero-order valence-electron chi connectivity index (χ0n) is 16.8. The van der Waals surface area contributed by atoms with Gasteiger partial charge in [0.05, 0.1) is 13.7 Å². The minimum Gasteiger partial charge on any atom is -0.497 e. The molecule has 7 heteroatoms. The Hall–Kier alpha value is -2.90. The number of carboxylic acids is 1. The molecule has 1 fully saturated rings. The molecule has 0 spiro atoms. The van der Waals surface area contributed by atoms with Crippen LogP contribution in [0.15, 0.2) is 48.5 Å². The van der Waals surface area contributed by atoms with Crippen LogP contribution in [0, 0.1) is 0 Å². The lowest BCUT2D eigenvalue weighted by atomic mass is 9.97. The number of benzene rings is 2. The molecule has 0 aliphatic heterocycles. The lowest BCUT2D eigenvalue weighted by Gasteiger charge is -2.15. The van der Waals surface area contributed by atoms with E-state index in [1.165, 1.54) is 32.1 Å². The van der Waals surface area contributed by atoms with E-state index in [9.17, 15) is 9.59 Å². The molecule has 3 rings (SSSR count). The minimum absolute atomic E-state index is 0.278. The van der Waals surface area contributed by atoms with Crippen molar-refractivity contribution < 1.29 is 24.2 Å². The molecule has 0 heterocycles. The Morgan fingerprint density at radius 1 is 1.07 bits per heavy atom. The molecule has 0 unspecified atom stereocenters. The highest BCUT2D eigenvalue weighted by molar-refractivity contribution is 5.75. The van der Waals surface area contributed by atoms with E-state index in [0.717, 1.165) is 12.0 Å². The average Bonchev–Trinajstić information content (AvgIpc) is 2.76. The van der Waals surface area contributed by atoms with Crippen molar-refractivity contribution in [1.82, 2.24) is 0 Å². The molecule has 158 valence electrons. The summed E-state index contributed by atoms with van der Waals surface area (Å²) in [6, 6.07) is 14.8. The number of carbonyl (C=O) groups excluding carboxylic acids is 1. The average molecular weight is 402 g/mol. The van der Waals surface area contributed by atoms with Crippen molar-refractivity contribution in [3.05, 3.63) is 54.1 Å². The number of ether oxygens (including phenoxy) is 2. The van der Waals surface area contributed by atoms with Gasteiger partial charge in [0.25, 0.3) is 0 Å². The predicted molar refractivity (Wildman–Crippen MR) is 113 cm³/mol. The number of aliphatic carboxylic acids is 1. The molecule has 1 saturated carbocycles. The van der Waals surface area contributed by atoms with Gasteiger partial charge in [0.15, 0.2) is 0 Å². The smallest absolute Gasteiger partial charge is 0.317 e. The van der Waals surface area contributed by atoms with Crippen LogP contribution in [0.5, 0.6) is 17.2 Å². The summed E-state index contributed by atoms with van der Waals surface area (Å²) in [6.45, 7) is -0.278. The molecule has 2 aromatic carbocycles. The number of hydrogen-bond acceptors (Lipinski definition) is 6. The fraction of sp³-hybridized carbons (Fsp3) is 0.364. The van der Waals surface area contributed by atoms with Gasteiger partial charge in [-0.3, -0.25) is 9.59 Å².